The van der Waals surface area contributed by atoms with Crippen molar-refractivity contribution in [1.29, 1.82) is 0 Å². The first-order chi connectivity index (χ1) is 19.5. The molecule has 2 atom stereocenters. The molecule has 8 nitrogen and oxygen atoms in total. The van der Waals surface area contributed by atoms with Crippen LogP contribution >= 0.6 is 0 Å². The number of aliphatic carboxylic acids is 1. The Bertz CT molecular complexity index is 1180. The number of hydrogen-bond acceptors (Lipinski definition) is 6. The predicted octanol–water partition coefficient (Wildman–Crippen LogP) is 4.48. The molecule has 0 saturated carbocycles. The number of rotatable bonds is 15. The average molecular weight is 587 g/mol. The van der Waals surface area contributed by atoms with Gasteiger partial charge in [0.1, 0.15) is 24.4 Å². The summed E-state index contributed by atoms with van der Waals surface area (Å²) in [6.45, 7) is 0.775. The fraction of sp³-hybridized carbons (Fsp3) is 0.536. The third-order valence-corrected chi connectivity index (χ3v) is 6.96. The topological polar surface area (TPSA) is 104 Å². The van der Waals surface area contributed by atoms with E-state index < -0.39 is 53.8 Å². The maximum atomic E-state index is 14.2. The summed E-state index contributed by atoms with van der Waals surface area (Å²) in [7, 11) is 1.35. The number of nitrogens with one attached hydrogen (secondary N) is 2. The minimum absolute atomic E-state index is 0.0710. The summed E-state index contributed by atoms with van der Waals surface area (Å²) in [6, 6.07) is 4.52. The van der Waals surface area contributed by atoms with E-state index in [-0.39, 0.29) is 19.5 Å². The van der Waals surface area contributed by atoms with E-state index in [9.17, 15) is 36.6 Å². The van der Waals surface area contributed by atoms with E-state index in [1.54, 1.807) is 4.90 Å². The molecule has 0 fully saturated rings. The number of carbonyl (C=O) groups excluding carboxylic acids is 1. The number of carbonyl (C=O) groups is 2. The van der Waals surface area contributed by atoms with Crippen molar-refractivity contribution in [1.82, 2.24) is 15.2 Å². The molecule has 1 aliphatic heterocycles. The monoisotopic (exact) mass is 586 g/mol. The lowest BCUT2D eigenvalue weighted by molar-refractivity contribution is -0.139. The van der Waals surface area contributed by atoms with Crippen molar-refractivity contribution in [2.45, 2.75) is 56.8 Å². The highest BCUT2D eigenvalue weighted by Gasteiger charge is 2.37. The van der Waals surface area contributed by atoms with Gasteiger partial charge >= 0.3 is 12.1 Å². The number of aryl methyl sites for hydroxylation is 2. The van der Waals surface area contributed by atoms with E-state index in [4.69, 9.17) is 4.74 Å². The Morgan fingerprint density at radius 1 is 1.20 bits per heavy atom. The third-order valence-electron chi connectivity index (χ3n) is 6.96. The smallest absolute Gasteiger partial charge is 0.417 e. The van der Waals surface area contributed by atoms with Gasteiger partial charge in [0, 0.05) is 32.4 Å². The molecule has 1 amide bonds. The van der Waals surface area contributed by atoms with Crippen molar-refractivity contribution in [2.24, 2.45) is 0 Å². The molecule has 1 aromatic heterocycles. The molecular weight excluding hydrogens is 551 g/mol. The Labute approximate surface area is 235 Å². The summed E-state index contributed by atoms with van der Waals surface area (Å²) < 4.78 is 72.7. The summed E-state index contributed by atoms with van der Waals surface area (Å²) in [5, 5.41) is 14.9. The number of alkyl halides is 4. The van der Waals surface area contributed by atoms with Crippen molar-refractivity contribution >= 4 is 17.7 Å². The van der Waals surface area contributed by atoms with Crippen LogP contribution in [-0.4, -0.2) is 79.0 Å². The largest absolute Gasteiger partial charge is 0.480 e. The summed E-state index contributed by atoms with van der Waals surface area (Å²) >= 11 is 0. The van der Waals surface area contributed by atoms with Crippen LogP contribution < -0.4 is 10.6 Å². The number of nitrogens with zero attached hydrogens (tertiary/aromatic N) is 2. The molecule has 3 rings (SSSR count). The van der Waals surface area contributed by atoms with Gasteiger partial charge in [-0.15, -0.1) is 0 Å². The van der Waals surface area contributed by atoms with Gasteiger partial charge in [0.15, 0.2) is 0 Å². The second-order valence-electron chi connectivity index (χ2n) is 9.92. The van der Waals surface area contributed by atoms with E-state index >= 15 is 0 Å². The zero-order valence-corrected chi connectivity index (χ0v) is 22.8. The van der Waals surface area contributed by atoms with Gasteiger partial charge in [-0.1, -0.05) is 12.1 Å². The van der Waals surface area contributed by atoms with Crippen LogP contribution in [0.3, 0.4) is 0 Å². The van der Waals surface area contributed by atoms with Gasteiger partial charge in [-0.05, 0) is 68.8 Å². The molecule has 2 aromatic rings. The Morgan fingerprint density at radius 2 is 1.98 bits per heavy atom. The number of carboxylic acid groups (broad SMARTS) is 1. The lowest BCUT2D eigenvalue weighted by Gasteiger charge is -2.27. The summed E-state index contributed by atoms with van der Waals surface area (Å²) in [5.74, 6) is -3.50. The lowest BCUT2D eigenvalue weighted by Crippen LogP contribution is -2.45. The van der Waals surface area contributed by atoms with Crippen LogP contribution in [0.25, 0.3) is 0 Å². The number of carboxylic acids is 1. The van der Waals surface area contributed by atoms with Crippen LogP contribution in [0.15, 0.2) is 30.3 Å². The predicted molar refractivity (Wildman–Crippen MR) is 142 cm³/mol. The molecule has 41 heavy (non-hydrogen) atoms. The Balaban J connectivity index is 1.61. The van der Waals surface area contributed by atoms with Crippen molar-refractivity contribution < 1.29 is 41.4 Å². The fourth-order valence-corrected chi connectivity index (χ4v) is 4.71. The number of ether oxygens (including phenoxy) is 1. The van der Waals surface area contributed by atoms with E-state index in [2.05, 4.69) is 16.4 Å². The van der Waals surface area contributed by atoms with Crippen LogP contribution in [0.1, 0.15) is 52.9 Å². The second-order valence-corrected chi connectivity index (χ2v) is 9.92. The summed E-state index contributed by atoms with van der Waals surface area (Å²) in [6.07, 6.45) is -1.82. The molecule has 0 aliphatic carbocycles. The van der Waals surface area contributed by atoms with Crippen molar-refractivity contribution in [2.75, 3.05) is 45.3 Å². The van der Waals surface area contributed by atoms with Gasteiger partial charge < -0.3 is 25.4 Å². The highest BCUT2D eigenvalue weighted by atomic mass is 19.4. The minimum Gasteiger partial charge on any atom is -0.480 e. The van der Waals surface area contributed by atoms with Gasteiger partial charge in [0.2, 0.25) is 0 Å². The number of unbranched alkanes of at least 4 members (excludes halogenated alkanes) is 1. The number of anilines is 1. The number of methoxy groups -OCH3 is 1. The van der Waals surface area contributed by atoms with Gasteiger partial charge in [-0.3, -0.25) is 4.79 Å². The fourth-order valence-electron chi connectivity index (χ4n) is 4.71. The van der Waals surface area contributed by atoms with E-state index in [1.807, 2.05) is 11.4 Å². The number of amides is 1. The molecule has 1 aliphatic rings. The lowest BCUT2D eigenvalue weighted by atomic mass is 10.0. The number of pyridine rings is 1. The number of halogens is 5. The maximum absolute atomic E-state index is 14.2. The highest BCUT2D eigenvalue weighted by molar-refractivity contribution is 5.98. The van der Waals surface area contributed by atoms with Gasteiger partial charge in [-0.25, -0.2) is 18.6 Å². The first-order valence-electron chi connectivity index (χ1n) is 13.5. The Hall–Kier alpha value is -3.32. The standard InChI is InChI=1S/C28H35F5N4O4/c1-41-20(16-29)17-37(14-3-2-7-19-11-10-18-6-5-13-34-25(18)35-19)15-12-23(27(39)40)36-26(38)24-21(28(31,32)33)8-4-9-22(24)30/h4,8-11,20,23H,2-3,5-7,12-17H2,1H3,(H,34,35)(H,36,38)(H,39,40). The van der Waals surface area contributed by atoms with Crippen molar-refractivity contribution in [3.05, 3.63) is 58.5 Å². The third kappa shape index (κ3) is 9.35. The maximum Gasteiger partial charge on any atom is 0.417 e. The van der Waals surface area contributed by atoms with Crippen LogP contribution in [-0.2, 0) is 28.5 Å². The summed E-state index contributed by atoms with van der Waals surface area (Å²) in [4.78, 5) is 30.9. The number of benzene rings is 1. The number of hydrogen-bond donors (Lipinski definition) is 3. The Kier molecular flexibility index (Phi) is 11.8. The molecule has 226 valence electrons. The number of fused-ring (bicyclic) bond motifs is 1. The minimum atomic E-state index is -5.02. The van der Waals surface area contributed by atoms with Crippen molar-refractivity contribution in [3.63, 3.8) is 0 Å². The van der Waals surface area contributed by atoms with Gasteiger partial charge in [-0.2, -0.15) is 13.2 Å². The normalized spacial score (nSPS) is 14.7. The average Bonchev–Trinajstić information content (AvgIpc) is 2.94. The number of aromatic nitrogens is 1. The Morgan fingerprint density at radius 3 is 2.66 bits per heavy atom. The molecule has 0 spiro atoms. The molecule has 0 saturated heterocycles. The zero-order valence-electron chi connectivity index (χ0n) is 22.8. The molecule has 3 N–H and O–H groups in total. The van der Waals surface area contributed by atoms with E-state index in [1.165, 1.54) is 12.7 Å². The molecule has 2 heterocycles. The van der Waals surface area contributed by atoms with Gasteiger partial charge in [0.05, 0.1) is 17.2 Å². The first kappa shape index (κ1) is 32.2. The van der Waals surface area contributed by atoms with Crippen LogP contribution in [0.2, 0.25) is 0 Å². The quantitative estimate of drug-likeness (QED) is 0.209. The molecule has 1 aromatic carbocycles. The van der Waals surface area contributed by atoms with Gasteiger partial charge in [0.25, 0.3) is 5.91 Å². The highest BCUT2D eigenvalue weighted by Crippen LogP contribution is 2.33. The molecule has 2 unspecified atom stereocenters. The van der Waals surface area contributed by atoms with E-state index in [0.29, 0.717) is 31.5 Å². The van der Waals surface area contributed by atoms with Crippen LogP contribution in [0.5, 0.6) is 0 Å². The second kappa shape index (κ2) is 15.1. The zero-order chi connectivity index (χ0) is 30.0. The van der Waals surface area contributed by atoms with Crippen LogP contribution in [0, 0.1) is 5.82 Å². The SMILES string of the molecule is COC(CF)CN(CCCCc1ccc2c(n1)NCCC2)CCC(NC(=O)c1c(F)cccc1C(F)(F)F)C(=O)O. The van der Waals surface area contributed by atoms with Crippen molar-refractivity contribution in [3.8, 4) is 0 Å². The summed E-state index contributed by atoms with van der Waals surface area (Å²) in [5.41, 5.74) is -0.655. The molecule has 0 radical (unpaired) electrons. The molecular formula is C28H35F5N4O4. The molecule has 13 heteroatoms. The van der Waals surface area contributed by atoms with E-state index in [0.717, 1.165) is 43.4 Å². The first-order valence-corrected chi connectivity index (χ1v) is 13.5. The van der Waals surface area contributed by atoms with Crippen LogP contribution in [0.4, 0.5) is 27.8 Å². The molecule has 0 bridgehead atoms.